The number of ether oxygens (including phenoxy) is 2. The Morgan fingerprint density at radius 2 is 1.95 bits per heavy atom. The number of hydrogen-bond acceptors (Lipinski definition) is 4. The lowest BCUT2D eigenvalue weighted by Crippen LogP contribution is -2.54. The molecule has 1 aliphatic rings. The molecule has 1 fully saturated rings. The lowest BCUT2D eigenvalue weighted by molar-refractivity contribution is -0.146. The molecule has 0 unspecified atom stereocenters. The number of hydrogen-bond donors (Lipinski definition) is 2. The fourth-order valence-corrected chi connectivity index (χ4v) is 2.52. The van der Waals surface area contributed by atoms with Crippen molar-refractivity contribution in [1.82, 2.24) is 10.6 Å². The highest BCUT2D eigenvalue weighted by Gasteiger charge is 2.39. The molecule has 1 aromatic carbocycles. The summed E-state index contributed by atoms with van der Waals surface area (Å²) in [4.78, 5) is 12.3. The monoisotopic (exact) mass is 328 g/mol. The summed E-state index contributed by atoms with van der Waals surface area (Å²) in [5, 5.41) is 6.15. The largest absolute Gasteiger partial charge is 0.375 e. The van der Waals surface area contributed by atoms with E-state index in [0.717, 1.165) is 18.7 Å². The molecule has 1 aliphatic heterocycles. The van der Waals surface area contributed by atoms with Crippen LogP contribution in [-0.4, -0.2) is 44.9 Å². The van der Waals surface area contributed by atoms with Crippen LogP contribution in [0.4, 0.5) is 0 Å². The minimum atomic E-state index is -0.676. The van der Waals surface area contributed by atoms with Gasteiger partial charge in [0.2, 0.25) is 0 Å². The van der Waals surface area contributed by atoms with Crippen LogP contribution in [0.25, 0.3) is 0 Å². The van der Waals surface area contributed by atoms with Gasteiger partial charge < -0.3 is 20.1 Å². The van der Waals surface area contributed by atoms with Crippen molar-refractivity contribution in [3.63, 3.8) is 0 Å². The van der Waals surface area contributed by atoms with Gasteiger partial charge in [0.05, 0.1) is 13.2 Å². The molecule has 1 heterocycles. The summed E-state index contributed by atoms with van der Waals surface area (Å²) in [6.45, 7) is 3.19. The molecule has 22 heavy (non-hydrogen) atoms. The van der Waals surface area contributed by atoms with Crippen molar-refractivity contribution in [2.24, 2.45) is 0 Å². The molecular formula is C16H25ClN2O3. The Kier molecular flexibility index (Phi) is 8.42. The molecule has 1 saturated heterocycles. The standard InChI is InChI=1S/C16H24N2O3.ClH/c1-20-16(7-9-17-10-8-16)15(19)18-11-12-21-13-14-5-3-2-4-6-14;/h2-6,17H,7-13H2,1H3,(H,18,19);1H. The van der Waals surface area contributed by atoms with Crippen molar-refractivity contribution in [3.05, 3.63) is 35.9 Å². The average molecular weight is 329 g/mol. The molecule has 0 bridgehead atoms. The van der Waals surface area contributed by atoms with E-state index in [4.69, 9.17) is 9.47 Å². The number of benzene rings is 1. The van der Waals surface area contributed by atoms with Crippen LogP contribution in [0.5, 0.6) is 0 Å². The Balaban J connectivity index is 0.00000242. The van der Waals surface area contributed by atoms with E-state index in [1.807, 2.05) is 30.3 Å². The summed E-state index contributed by atoms with van der Waals surface area (Å²) in [7, 11) is 1.61. The number of methoxy groups -OCH3 is 1. The van der Waals surface area contributed by atoms with Crippen LogP contribution in [0.3, 0.4) is 0 Å². The van der Waals surface area contributed by atoms with Crippen LogP contribution in [0.1, 0.15) is 18.4 Å². The van der Waals surface area contributed by atoms with Gasteiger partial charge in [-0.15, -0.1) is 12.4 Å². The number of rotatable bonds is 7. The van der Waals surface area contributed by atoms with Crippen LogP contribution < -0.4 is 10.6 Å². The first kappa shape index (κ1) is 18.9. The summed E-state index contributed by atoms with van der Waals surface area (Å²) in [5.41, 5.74) is 0.459. The maximum atomic E-state index is 12.3. The van der Waals surface area contributed by atoms with Crippen molar-refractivity contribution in [3.8, 4) is 0 Å². The lowest BCUT2D eigenvalue weighted by Gasteiger charge is -2.34. The van der Waals surface area contributed by atoms with Gasteiger partial charge in [-0.3, -0.25) is 4.79 Å². The molecule has 124 valence electrons. The molecule has 0 aromatic heterocycles. The van der Waals surface area contributed by atoms with Gasteiger partial charge in [-0.2, -0.15) is 0 Å². The van der Waals surface area contributed by atoms with Crippen LogP contribution in [0.15, 0.2) is 30.3 Å². The third-order valence-corrected chi connectivity index (χ3v) is 3.86. The molecule has 0 aliphatic carbocycles. The van der Waals surface area contributed by atoms with Gasteiger partial charge in [-0.1, -0.05) is 30.3 Å². The van der Waals surface area contributed by atoms with Gasteiger partial charge in [0, 0.05) is 13.7 Å². The Morgan fingerprint density at radius 3 is 2.59 bits per heavy atom. The molecule has 5 nitrogen and oxygen atoms in total. The van der Waals surface area contributed by atoms with Crippen molar-refractivity contribution in [2.75, 3.05) is 33.4 Å². The number of amides is 1. The predicted octanol–water partition coefficient (Wildman–Crippen LogP) is 1.51. The molecule has 2 N–H and O–H groups in total. The number of carbonyl (C=O) groups is 1. The lowest BCUT2D eigenvalue weighted by atomic mass is 9.91. The smallest absolute Gasteiger partial charge is 0.252 e. The summed E-state index contributed by atoms with van der Waals surface area (Å²) in [5.74, 6) is -0.0326. The Bertz CT molecular complexity index is 436. The summed E-state index contributed by atoms with van der Waals surface area (Å²) in [6, 6.07) is 9.99. The highest BCUT2D eigenvalue weighted by atomic mass is 35.5. The molecule has 1 aromatic rings. The Hall–Kier alpha value is -1.14. The van der Waals surface area contributed by atoms with E-state index in [1.165, 1.54) is 0 Å². The maximum Gasteiger partial charge on any atom is 0.252 e. The van der Waals surface area contributed by atoms with E-state index in [0.29, 0.717) is 32.6 Å². The fourth-order valence-electron chi connectivity index (χ4n) is 2.52. The van der Waals surface area contributed by atoms with Crippen LogP contribution in [0, 0.1) is 0 Å². The quantitative estimate of drug-likeness (QED) is 0.745. The van der Waals surface area contributed by atoms with E-state index in [1.54, 1.807) is 7.11 Å². The molecule has 0 radical (unpaired) electrons. The topological polar surface area (TPSA) is 59.6 Å². The van der Waals surface area contributed by atoms with Crippen LogP contribution in [-0.2, 0) is 20.9 Å². The van der Waals surface area contributed by atoms with E-state index < -0.39 is 5.60 Å². The van der Waals surface area contributed by atoms with E-state index in [-0.39, 0.29) is 18.3 Å². The molecule has 0 saturated carbocycles. The van der Waals surface area contributed by atoms with Gasteiger partial charge in [0.25, 0.3) is 5.91 Å². The zero-order chi connectivity index (χ0) is 15.0. The van der Waals surface area contributed by atoms with Crippen molar-refractivity contribution in [1.29, 1.82) is 0 Å². The normalized spacial score (nSPS) is 16.6. The zero-order valence-corrected chi connectivity index (χ0v) is 13.8. The predicted molar refractivity (Wildman–Crippen MR) is 88.2 cm³/mol. The van der Waals surface area contributed by atoms with Crippen LogP contribution >= 0.6 is 12.4 Å². The number of carbonyl (C=O) groups excluding carboxylic acids is 1. The SMILES string of the molecule is COC1(C(=O)NCCOCc2ccccc2)CCNCC1.Cl. The second-order valence-corrected chi connectivity index (χ2v) is 5.24. The third-order valence-electron chi connectivity index (χ3n) is 3.86. The Morgan fingerprint density at radius 1 is 1.27 bits per heavy atom. The van der Waals surface area contributed by atoms with E-state index in [9.17, 15) is 4.79 Å². The molecular weight excluding hydrogens is 304 g/mol. The van der Waals surface area contributed by atoms with Gasteiger partial charge in [-0.05, 0) is 31.5 Å². The maximum absolute atomic E-state index is 12.3. The first-order valence-electron chi connectivity index (χ1n) is 7.43. The number of piperidine rings is 1. The van der Waals surface area contributed by atoms with Gasteiger partial charge in [-0.25, -0.2) is 0 Å². The first-order chi connectivity index (χ1) is 10.3. The third kappa shape index (κ3) is 5.25. The average Bonchev–Trinajstić information content (AvgIpc) is 2.56. The van der Waals surface area contributed by atoms with Gasteiger partial charge in [0.15, 0.2) is 0 Å². The summed E-state index contributed by atoms with van der Waals surface area (Å²) < 4.78 is 11.0. The summed E-state index contributed by atoms with van der Waals surface area (Å²) >= 11 is 0. The Labute approximate surface area is 138 Å². The van der Waals surface area contributed by atoms with Crippen molar-refractivity contribution >= 4 is 18.3 Å². The van der Waals surface area contributed by atoms with Crippen LogP contribution in [0.2, 0.25) is 0 Å². The molecule has 1 amide bonds. The highest BCUT2D eigenvalue weighted by molar-refractivity contribution is 5.85. The zero-order valence-electron chi connectivity index (χ0n) is 13.0. The van der Waals surface area contributed by atoms with Crippen molar-refractivity contribution < 1.29 is 14.3 Å². The molecule has 6 heteroatoms. The second kappa shape index (κ2) is 9.79. The highest BCUT2D eigenvalue weighted by Crippen LogP contribution is 2.22. The van der Waals surface area contributed by atoms with E-state index in [2.05, 4.69) is 10.6 Å². The fraction of sp³-hybridized carbons (Fsp3) is 0.562. The molecule has 0 atom stereocenters. The molecule has 0 spiro atoms. The molecule has 2 rings (SSSR count). The van der Waals surface area contributed by atoms with Gasteiger partial charge in [0.1, 0.15) is 5.60 Å². The minimum Gasteiger partial charge on any atom is -0.375 e. The number of nitrogens with one attached hydrogen (secondary N) is 2. The van der Waals surface area contributed by atoms with Crippen molar-refractivity contribution in [2.45, 2.75) is 25.0 Å². The summed E-state index contributed by atoms with van der Waals surface area (Å²) in [6.07, 6.45) is 1.42. The number of halogens is 1. The van der Waals surface area contributed by atoms with E-state index >= 15 is 0 Å². The second-order valence-electron chi connectivity index (χ2n) is 5.24. The minimum absolute atomic E-state index is 0. The first-order valence-corrected chi connectivity index (χ1v) is 7.43. The van der Waals surface area contributed by atoms with Gasteiger partial charge >= 0.3 is 0 Å².